The van der Waals surface area contributed by atoms with E-state index in [1.807, 2.05) is 0 Å². The van der Waals surface area contributed by atoms with Gasteiger partial charge >= 0.3 is 0 Å². The molecule has 2 aliphatic heterocycles. The Labute approximate surface area is 197 Å². The number of hydrogen-bond acceptors (Lipinski definition) is 5. The van der Waals surface area contributed by atoms with Gasteiger partial charge in [-0.05, 0) is 42.6 Å². The van der Waals surface area contributed by atoms with Gasteiger partial charge in [-0.25, -0.2) is 4.98 Å². The molecule has 2 aromatic heterocycles. The molecule has 0 aliphatic carbocycles. The molecule has 174 valence electrons. The van der Waals surface area contributed by atoms with Crippen molar-refractivity contribution in [2.24, 2.45) is 5.92 Å². The van der Waals surface area contributed by atoms with E-state index in [0.29, 0.717) is 5.92 Å². The molecule has 5 rings (SSSR count). The number of fused-ring (bicyclic) bond motifs is 2. The molecule has 6 nitrogen and oxygen atoms in total. The lowest BCUT2D eigenvalue weighted by Gasteiger charge is -2.33. The normalized spacial score (nSPS) is 18.3. The van der Waals surface area contributed by atoms with E-state index < -0.39 is 0 Å². The summed E-state index contributed by atoms with van der Waals surface area (Å²) in [5.74, 6) is 0.535. The van der Waals surface area contributed by atoms with Crippen molar-refractivity contribution in [1.82, 2.24) is 24.5 Å². The Bertz CT molecular complexity index is 1110. The van der Waals surface area contributed by atoms with Crippen LogP contribution in [0.1, 0.15) is 23.7 Å². The van der Waals surface area contributed by atoms with Crippen LogP contribution in [0.25, 0.3) is 11.3 Å². The van der Waals surface area contributed by atoms with Gasteiger partial charge in [0.25, 0.3) is 0 Å². The summed E-state index contributed by atoms with van der Waals surface area (Å²) < 4.78 is 2.13. The molecule has 1 atom stereocenters. The standard InChI is InChI=1S/C27H36N6/c1-21(17-31-11-10-23-6-4-5-7-24(23)18-31)16-28-22(2)26-20-33-19-25(8-9-27(33)29-26)32-14-12-30(3)13-15-32/h4-9,19-21,28H,2,10-18H2,1,3H3. The summed E-state index contributed by atoms with van der Waals surface area (Å²) >= 11 is 0. The molecule has 1 N–H and O–H groups in total. The molecule has 4 heterocycles. The molecule has 1 aromatic carbocycles. The van der Waals surface area contributed by atoms with Crippen LogP contribution in [0.5, 0.6) is 0 Å². The fraction of sp³-hybridized carbons (Fsp3) is 0.444. The van der Waals surface area contributed by atoms with Gasteiger partial charge in [0.05, 0.1) is 11.4 Å². The second kappa shape index (κ2) is 9.57. The first-order valence-electron chi connectivity index (χ1n) is 12.2. The molecule has 0 bridgehead atoms. The summed E-state index contributed by atoms with van der Waals surface area (Å²) in [6.45, 7) is 15.1. The third kappa shape index (κ3) is 5.07. The summed E-state index contributed by atoms with van der Waals surface area (Å²) in [6, 6.07) is 13.1. The number of aromatic nitrogens is 2. The number of likely N-dealkylation sites (N-methyl/N-ethyl adjacent to an activating group) is 1. The van der Waals surface area contributed by atoms with Crippen LogP contribution in [0.3, 0.4) is 0 Å². The van der Waals surface area contributed by atoms with Crippen molar-refractivity contribution in [1.29, 1.82) is 0 Å². The molecule has 0 amide bonds. The topological polar surface area (TPSA) is 39.1 Å². The number of piperazine rings is 1. The van der Waals surface area contributed by atoms with E-state index in [4.69, 9.17) is 4.98 Å². The van der Waals surface area contributed by atoms with Crippen LogP contribution in [-0.4, -0.2) is 72.0 Å². The lowest BCUT2D eigenvalue weighted by atomic mass is 9.99. The van der Waals surface area contributed by atoms with Gasteiger partial charge in [-0.3, -0.25) is 4.90 Å². The maximum absolute atomic E-state index is 4.79. The summed E-state index contributed by atoms with van der Waals surface area (Å²) in [4.78, 5) is 12.2. The molecule has 0 radical (unpaired) electrons. The third-order valence-corrected chi connectivity index (χ3v) is 7.06. The Morgan fingerprint density at radius 2 is 1.82 bits per heavy atom. The van der Waals surface area contributed by atoms with E-state index in [1.165, 1.54) is 16.8 Å². The van der Waals surface area contributed by atoms with Gasteiger partial charge in [0, 0.05) is 64.8 Å². The predicted molar refractivity (Wildman–Crippen MR) is 137 cm³/mol. The summed E-state index contributed by atoms with van der Waals surface area (Å²) in [6.07, 6.45) is 5.44. The van der Waals surface area contributed by atoms with Crippen molar-refractivity contribution in [3.8, 4) is 0 Å². The maximum atomic E-state index is 4.79. The highest BCUT2D eigenvalue weighted by Crippen LogP contribution is 2.21. The van der Waals surface area contributed by atoms with Crippen LogP contribution in [0.15, 0.2) is 55.4 Å². The Morgan fingerprint density at radius 1 is 1.03 bits per heavy atom. The Balaban J connectivity index is 1.15. The first kappa shape index (κ1) is 22.0. The molecule has 2 aliphatic rings. The number of nitrogens with zero attached hydrogens (tertiary/aromatic N) is 5. The predicted octanol–water partition coefficient (Wildman–Crippen LogP) is 3.34. The smallest absolute Gasteiger partial charge is 0.137 e. The second-order valence-corrected chi connectivity index (χ2v) is 9.79. The van der Waals surface area contributed by atoms with Gasteiger partial charge in [0.15, 0.2) is 0 Å². The van der Waals surface area contributed by atoms with Gasteiger partial charge in [-0.2, -0.15) is 0 Å². The lowest BCUT2D eigenvalue weighted by Crippen LogP contribution is -2.44. The Morgan fingerprint density at radius 3 is 2.64 bits per heavy atom. The molecule has 1 fully saturated rings. The van der Waals surface area contributed by atoms with Crippen LogP contribution in [0, 0.1) is 5.92 Å². The average molecular weight is 445 g/mol. The van der Waals surface area contributed by atoms with E-state index >= 15 is 0 Å². The zero-order valence-corrected chi connectivity index (χ0v) is 20.0. The summed E-state index contributed by atoms with van der Waals surface area (Å²) in [5, 5.41) is 3.54. The molecular formula is C27H36N6. The number of hydrogen-bond donors (Lipinski definition) is 1. The minimum atomic E-state index is 0.535. The van der Waals surface area contributed by atoms with E-state index in [-0.39, 0.29) is 0 Å². The quantitative estimate of drug-likeness (QED) is 0.605. The number of rotatable bonds is 7. The van der Waals surface area contributed by atoms with Crippen molar-refractivity contribution in [3.05, 3.63) is 72.2 Å². The molecule has 0 saturated carbocycles. The highest BCUT2D eigenvalue weighted by atomic mass is 15.3. The van der Waals surface area contributed by atoms with Gasteiger partial charge < -0.3 is 19.5 Å². The second-order valence-electron chi connectivity index (χ2n) is 9.79. The van der Waals surface area contributed by atoms with E-state index in [9.17, 15) is 0 Å². The monoisotopic (exact) mass is 444 g/mol. The molecule has 1 unspecified atom stereocenters. The highest BCUT2D eigenvalue weighted by molar-refractivity contribution is 5.62. The first-order valence-corrected chi connectivity index (χ1v) is 12.2. The van der Waals surface area contributed by atoms with Crippen LogP contribution >= 0.6 is 0 Å². The van der Waals surface area contributed by atoms with Gasteiger partial charge in [-0.1, -0.05) is 37.8 Å². The first-order chi connectivity index (χ1) is 16.0. The molecule has 1 saturated heterocycles. The maximum Gasteiger partial charge on any atom is 0.137 e. The number of anilines is 1. The Hall–Kier alpha value is -2.83. The van der Waals surface area contributed by atoms with E-state index in [0.717, 1.165) is 75.8 Å². The fourth-order valence-electron chi connectivity index (χ4n) is 4.98. The van der Waals surface area contributed by atoms with Crippen molar-refractivity contribution in [2.45, 2.75) is 19.9 Å². The van der Waals surface area contributed by atoms with Crippen LogP contribution in [0.4, 0.5) is 5.69 Å². The SMILES string of the molecule is C=C(NCC(C)CN1CCc2ccccc2C1)c1cn2cc(N3CCN(C)CC3)ccc2n1. The molecule has 33 heavy (non-hydrogen) atoms. The van der Waals surface area contributed by atoms with Gasteiger partial charge in [0.1, 0.15) is 11.3 Å². The van der Waals surface area contributed by atoms with Crippen LogP contribution in [-0.2, 0) is 13.0 Å². The average Bonchev–Trinajstić information content (AvgIpc) is 3.26. The number of nitrogens with one attached hydrogen (secondary N) is 1. The van der Waals surface area contributed by atoms with E-state index in [2.05, 4.69) is 93.8 Å². The third-order valence-electron chi connectivity index (χ3n) is 7.06. The zero-order valence-electron chi connectivity index (χ0n) is 20.0. The van der Waals surface area contributed by atoms with Crippen molar-refractivity contribution in [2.75, 3.05) is 57.8 Å². The molecule has 0 spiro atoms. The highest BCUT2D eigenvalue weighted by Gasteiger charge is 2.18. The lowest BCUT2D eigenvalue weighted by molar-refractivity contribution is 0.220. The molecule has 6 heteroatoms. The number of pyridine rings is 1. The minimum absolute atomic E-state index is 0.535. The van der Waals surface area contributed by atoms with Gasteiger partial charge in [-0.15, -0.1) is 0 Å². The number of benzene rings is 1. The van der Waals surface area contributed by atoms with Crippen molar-refractivity contribution < 1.29 is 0 Å². The van der Waals surface area contributed by atoms with Gasteiger partial charge in [0.2, 0.25) is 0 Å². The molecular weight excluding hydrogens is 408 g/mol. The zero-order chi connectivity index (χ0) is 22.8. The number of imidazole rings is 1. The largest absolute Gasteiger partial charge is 0.383 e. The fourth-order valence-corrected chi connectivity index (χ4v) is 4.98. The molecule has 3 aromatic rings. The van der Waals surface area contributed by atoms with Crippen molar-refractivity contribution >= 4 is 17.0 Å². The van der Waals surface area contributed by atoms with Crippen LogP contribution in [0.2, 0.25) is 0 Å². The van der Waals surface area contributed by atoms with E-state index in [1.54, 1.807) is 0 Å². The van der Waals surface area contributed by atoms with Crippen molar-refractivity contribution in [3.63, 3.8) is 0 Å². The Kier molecular flexibility index (Phi) is 6.38. The summed E-state index contributed by atoms with van der Waals surface area (Å²) in [5.41, 5.74) is 7.03. The summed E-state index contributed by atoms with van der Waals surface area (Å²) in [7, 11) is 2.19. The van der Waals surface area contributed by atoms with Crippen LogP contribution < -0.4 is 10.2 Å². The minimum Gasteiger partial charge on any atom is -0.383 e.